The molecule has 2 aliphatic heterocycles. The second-order valence-corrected chi connectivity index (χ2v) is 11.6. The summed E-state index contributed by atoms with van der Waals surface area (Å²) in [5, 5.41) is 17.5. The highest BCUT2D eigenvalue weighted by molar-refractivity contribution is 7.92. The number of piperidine rings is 1. The van der Waals surface area contributed by atoms with E-state index in [0.29, 0.717) is 23.5 Å². The normalized spacial score (nSPS) is 17.4. The molecule has 3 aromatic rings. The molecule has 11 heteroatoms. The van der Waals surface area contributed by atoms with Crippen molar-refractivity contribution in [2.24, 2.45) is 5.73 Å². The van der Waals surface area contributed by atoms with Gasteiger partial charge >= 0.3 is 0 Å². The molecular formula is C27H33Cl2N5O3S. The smallest absolute Gasteiger partial charge is 0.232 e. The van der Waals surface area contributed by atoms with E-state index >= 15 is 0 Å². The lowest BCUT2D eigenvalue weighted by Gasteiger charge is -2.32. The summed E-state index contributed by atoms with van der Waals surface area (Å²) >= 11 is 0. The summed E-state index contributed by atoms with van der Waals surface area (Å²) in [6, 6.07) is 16.9. The van der Waals surface area contributed by atoms with Gasteiger partial charge in [0.2, 0.25) is 10.0 Å². The van der Waals surface area contributed by atoms with E-state index < -0.39 is 10.0 Å². The second kappa shape index (κ2) is 11.4. The molecule has 38 heavy (non-hydrogen) atoms. The van der Waals surface area contributed by atoms with Crippen molar-refractivity contribution in [3.8, 4) is 5.75 Å². The summed E-state index contributed by atoms with van der Waals surface area (Å²) in [5.41, 5.74) is 8.82. The minimum atomic E-state index is -3.53. The molecule has 1 fully saturated rings. The number of ether oxygens (including phenoxy) is 1. The van der Waals surface area contributed by atoms with Crippen molar-refractivity contribution in [3.05, 3.63) is 71.3 Å². The number of nitrogens with one attached hydrogen (secondary N) is 2. The van der Waals surface area contributed by atoms with Gasteiger partial charge in [-0.25, -0.2) is 8.42 Å². The van der Waals surface area contributed by atoms with Crippen LogP contribution in [0.5, 0.6) is 5.75 Å². The molecule has 0 aromatic heterocycles. The van der Waals surface area contributed by atoms with Crippen LogP contribution >= 0.6 is 24.8 Å². The van der Waals surface area contributed by atoms with Crippen molar-refractivity contribution in [2.45, 2.75) is 38.3 Å². The molecule has 2 heterocycles. The lowest BCUT2D eigenvalue weighted by atomic mass is 9.98. The van der Waals surface area contributed by atoms with Crippen LogP contribution in [0.3, 0.4) is 0 Å². The van der Waals surface area contributed by atoms with Crippen LogP contribution in [0.4, 0.5) is 5.69 Å². The molecule has 5 rings (SSSR count). The number of fused-ring (bicyclic) bond motifs is 2. The van der Waals surface area contributed by atoms with Gasteiger partial charge in [-0.1, -0.05) is 24.3 Å². The fraction of sp³-hybridized carbons (Fsp3) is 0.333. The Hall–Kier alpha value is -3.01. The quantitative estimate of drug-likeness (QED) is 0.295. The standard InChI is InChI=1S/C27H31N5O3S.2ClH/c1-17(28)31-11-9-23(10-12-31)35-24-7-8-25-22(15-24)16-26(32(25)36(2,33)34)19-5-3-18-4-6-20(27(29)30)14-21(18)13-19;;/h3-8,13-15,23,26,28H,9-12,16H2,1-2H3,(H3,29,30);2*1H. The van der Waals surface area contributed by atoms with Crippen molar-refractivity contribution in [1.82, 2.24) is 4.90 Å². The molecule has 0 spiro atoms. The van der Waals surface area contributed by atoms with Crippen LogP contribution in [0.15, 0.2) is 54.6 Å². The summed E-state index contributed by atoms with van der Waals surface area (Å²) in [5.74, 6) is 1.33. The molecule has 3 aromatic carbocycles. The van der Waals surface area contributed by atoms with Gasteiger partial charge in [0.05, 0.1) is 23.8 Å². The lowest BCUT2D eigenvalue weighted by molar-refractivity contribution is 0.130. The van der Waals surface area contributed by atoms with Crippen molar-refractivity contribution >= 4 is 63.0 Å². The number of rotatable bonds is 5. The van der Waals surface area contributed by atoms with Crippen LogP contribution in [0.25, 0.3) is 10.8 Å². The Labute approximate surface area is 236 Å². The van der Waals surface area contributed by atoms with Gasteiger partial charge in [-0.2, -0.15) is 0 Å². The SMILES string of the molecule is CC(=N)N1CCC(Oc2ccc3c(c2)CC(c2ccc4ccc(C(=N)N)cc4c2)N3S(C)(=O)=O)CC1.Cl.Cl. The van der Waals surface area contributed by atoms with E-state index in [2.05, 4.69) is 4.90 Å². The van der Waals surface area contributed by atoms with Gasteiger partial charge in [0.25, 0.3) is 0 Å². The summed E-state index contributed by atoms with van der Waals surface area (Å²) in [7, 11) is -3.53. The Morgan fingerprint density at radius 1 is 0.974 bits per heavy atom. The molecule has 8 nitrogen and oxygen atoms in total. The van der Waals surface area contributed by atoms with Crippen molar-refractivity contribution in [2.75, 3.05) is 23.7 Å². The lowest BCUT2D eigenvalue weighted by Crippen LogP contribution is -2.40. The average molecular weight is 579 g/mol. The molecule has 1 unspecified atom stereocenters. The predicted octanol–water partition coefficient (Wildman–Crippen LogP) is 4.87. The van der Waals surface area contributed by atoms with E-state index in [1.807, 2.05) is 61.5 Å². The monoisotopic (exact) mass is 577 g/mol. The van der Waals surface area contributed by atoms with Gasteiger partial charge in [-0.15, -0.1) is 24.8 Å². The highest BCUT2D eigenvalue weighted by atomic mass is 35.5. The van der Waals surface area contributed by atoms with Crippen LogP contribution < -0.4 is 14.8 Å². The summed E-state index contributed by atoms with van der Waals surface area (Å²) in [6.45, 7) is 3.42. The first-order chi connectivity index (χ1) is 17.1. The van der Waals surface area contributed by atoms with Crippen molar-refractivity contribution in [1.29, 1.82) is 10.8 Å². The van der Waals surface area contributed by atoms with Crippen LogP contribution in [0.2, 0.25) is 0 Å². The summed E-state index contributed by atoms with van der Waals surface area (Å²) in [6.07, 6.45) is 3.57. The Morgan fingerprint density at radius 3 is 2.29 bits per heavy atom. The number of hydrogen-bond acceptors (Lipinski definition) is 5. The van der Waals surface area contributed by atoms with E-state index in [9.17, 15) is 8.42 Å². The fourth-order valence-electron chi connectivity index (χ4n) is 5.28. The second-order valence-electron chi connectivity index (χ2n) is 9.69. The maximum absolute atomic E-state index is 12.9. The number of nitrogens with two attached hydrogens (primary N) is 1. The summed E-state index contributed by atoms with van der Waals surface area (Å²) < 4.78 is 33.6. The molecule has 0 radical (unpaired) electrons. The zero-order valence-corrected chi connectivity index (χ0v) is 23.8. The molecule has 1 saturated heterocycles. The topological polar surface area (TPSA) is 124 Å². The maximum atomic E-state index is 12.9. The first-order valence-electron chi connectivity index (χ1n) is 12.1. The average Bonchev–Trinajstić information content (AvgIpc) is 3.23. The number of halogens is 2. The zero-order valence-electron chi connectivity index (χ0n) is 21.3. The molecule has 0 amide bonds. The van der Waals surface area contributed by atoms with Gasteiger partial charge < -0.3 is 15.4 Å². The number of anilines is 1. The number of sulfonamides is 1. The first kappa shape index (κ1) is 29.5. The van der Waals surface area contributed by atoms with Gasteiger partial charge in [-0.05, 0) is 59.2 Å². The maximum Gasteiger partial charge on any atom is 0.232 e. The highest BCUT2D eigenvalue weighted by Crippen LogP contribution is 2.44. The molecule has 0 bridgehead atoms. The van der Waals surface area contributed by atoms with E-state index in [-0.39, 0.29) is 42.8 Å². The molecule has 0 saturated carbocycles. The number of likely N-dealkylation sites (tertiary alicyclic amines) is 1. The van der Waals surface area contributed by atoms with Crippen LogP contribution in [-0.4, -0.2) is 50.4 Å². The number of hydrogen-bond donors (Lipinski definition) is 3. The number of nitrogens with zero attached hydrogens (tertiary/aromatic N) is 2. The molecule has 204 valence electrons. The van der Waals surface area contributed by atoms with Crippen molar-refractivity contribution < 1.29 is 13.2 Å². The van der Waals surface area contributed by atoms with Crippen molar-refractivity contribution in [3.63, 3.8) is 0 Å². The number of amidine groups is 2. The predicted molar refractivity (Wildman–Crippen MR) is 158 cm³/mol. The molecule has 2 aliphatic rings. The third kappa shape index (κ3) is 5.85. The third-order valence-electron chi connectivity index (χ3n) is 7.12. The molecule has 1 atom stereocenters. The Kier molecular flexibility index (Phi) is 8.86. The van der Waals surface area contributed by atoms with E-state index in [1.54, 1.807) is 0 Å². The van der Waals surface area contributed by atoms with Gasteiger partial charge in [-0.3, -0.25) is 15.1 Å². The minimum Gasteiger partial charge on any atom is -0.490 e. The Morgan fingerprint density at radius 2 is 1.66 bits per heavy atom. The van der Waals surface area contributed by atoms with Crippen LogP contribution in [-0.2, 0) is 16.4 Å². The first-order valence-corrected chi connectivity index (χ1v) is 13.9. The Bertz CT molecular complexity index is 1470. The van der Waals surface area contributed by atoms with Crippen LogP contribution in [0, 0.1) is 10.8 Å². The van der Waals surface area contributed by atoms with Gasteiger partial charge in [0, 0.05) is 37.9 Å². The van der Waals surface area contributed by atoms with E-state index in [4.69, 9.17) is 21.3 Å². The minimum absolute atomic E-state index is 0. The third-order valence-corrected chi connectivity index (χ3v) is 8.29. The van der Waals surface area contributed by atoms with Crippen LogP contribution in [0.1, 0.15) is 42.5 Å². The molecular weight excluding hydrogens is 545 g/mol. The summed E-state index contributed by atoms with van der Waals surface area (Å²) in [4.78, 5) is 2.06. The largest absolute Gasteiger partial charge is 0.490 e. The number of benzene rings is 3. The Balaban J connectivity index is 0.00000200. The zero-order chi connectivity index (χ0) is 25.6. The fourth-order valence-corrected chi connectivity index (χ4v) is 6.47. The van der Waals surface area contributed by atoms with Gasteiger partial charge in [0.15, 0.2) is 0 Å². The van der Waals surface area contributed by atoms with E-state index in [0.717, 1.165) is 53.6 Å². The molecule has 0 aliphatic carbocycles. The highest BCUT2D eigenvalue weighted by Gasteiger charge is 2.37. The van der Waals surface area contributed by atoms with E-state index in [1.165, 1.54) is 10.6 Å². The molecule has 4 N–H and O–H groups in total. The number of nitrogen functional groups attached to an aromatic ring is 1. The van der Waals surface area contributed by atoms with Gasteiger partial charge in [0.1, 0.15) is 17.7 Å².